The molecule has 0 aliphatic carbocycles. The van der Waals surface area contributed by atoms with Crippen molar-refractivity contribution in [3.05, 3.63) is 80.4 Å². The average molecular weight is 456 g/mol. The fourth-order valence-corrected chi connectivity index (χ4v) is 5.27. The normalized spacial score (nSPS) is 10.9. The van der Waals surface area contributed by atoms with Crippen molar-refractivity contribution >= 4 is 50.6 Å². The molecule has 30 heavy (non-hydrogen) atoms. The zero-order valence-corrected chi connectivity index (χ0v) is 18.2. The number of thioether (sulfide) groups is 1. The van der Waals surface area contributed by atoms with E-state index in [1.807, 2.05) is 35.7 Å². The number of hydrogen-bond acceptors (Lipinski definition) is 8. The van der Waals surface area contributed by atoms with Crippen LogP contribution in [0.3, 0.4) is 0 Å². The van der Waals surface area contributed by atoms with Crippen molar-refractivity contribution in [2.45, 2.75) is 24.0 Å². The first-order valence-electron chi connectivity index (χ1n) is 9.02. The van der Waals surface area contributed by atoms with Crippen LogP contribution in [0.15, 0.2) is 64.4 Å². The molecule has 1 N–H and O–H groups in total. The third-order valence-corrected chi connectivity index (χ3v) is 7.04. The molecule has 0 saturated carbocycles. The lowest BCUT2D eigenvalue weighted by molar-refractivity contribution is 0.0950. The lowest BCUT2D eigenvalue weighted by Crippen LogP contribution is -2.22. The van der Waals surface area contributed by atoms with Gasteiger partial charge in [0.1, 0.15) is 9.84 Å². The van der Waals surface area contributed by atoms with Gasteiger partial charge in [-0.3, -0.25) is 14.2 Å². The molecule has 0 radical (unpaired) electrons. The Bertz CT molecular complexity index is 1250. The van der Waals surface area contributed by atoms with Crippen molar-refractivity contribution in [3.63, 3.8) is 0 Å². The second kappa shape index (κ2) is 9.33. The molecule has 0 aliphatic rings. The van der Waals surface area contributed by atoms with Gasteiger partial charge in [0.15, 0.2) is 5.16 Å². The number of carbonyl (C=O) groups is 1. The van der Waals surface area contributed by atoms with Gasteiger partial charge < -0.3 is 5.32 Å². The molecule has 0 fully saturated rings. The van der Waals surface area contributed by atoms with E-state index in [0.717, 1.165) is 5.56 Å². The van der Waals surface area contributed by atoms with E-state index < -0.39 is 0 Å². The van der Waals surface area contributed by atoms with Gasteiger partial charge in [-0.05, 0) is 17.0 Å². The number of nitrogens with zero attached hydrogens (tertiary/aromatic N) is 4. The molecule has 7 nitrogen and oxygen atoms in total. The summed E-state index contributed by atoms with van der Waals surface area (Å²) in [6.07, 6.45) is 1.67. The van der Waals surface area contributed by atoms with E-state index in [0.29, 0.717) is 44.2 Å². The van der Waals surface area contributed by atoms with Crippen LogP contribution in [-0.4, -0.2) is 25.7 Å². The molecule has 10 heteroatoms. The number of carbonyl (C=O) groups excluding carboxylic acids is 1. The topological polar surface area (TPSA) is 89.8 Å². The zero-order valence-electron chi connectivity index (χ0n) is 15.8. The minimum Gasteiger partial charge on any atom is -0.346 e. The molecule has 0 spiro atoms. The van der Waals surface area contributed by atoms with Gasteiger partial charge in [-0.1, -0.05) is 59.5 Å². The van der Waals surface area contributed by atoms with Crippen LogP contribution in [0.4, 0.5) is 0 Å². The first-order valence-corrected chi connectivity index (χ1v) is 11.7. The summed E-state index contributed by atoms with van der Waals surface area (Å²) in [7, 11) is 0. The minimum absolute atomic E-state index is 0.0816. The van der Waals surface area contributed by atoms with Crippen LogP contribution in [0, 0.1) is 0 Å². The number of benzene rings is 1. The van der Waals surface area contributed by atoms with Gasteiger partial charge in [0.05, 0.1) is 11.1 Å². The highest BCUT2D eigenvalue weighted by Crippen LogP contribution is 2.25. The SMILES string of the molecule is C=CCn1c(SCc2nnc(C(=O)NCc3ccccc3)s2)nc2sccc2c1=O. The summed E-state index contributed by atoms with van der Waals surface area (Å²) in [4.78, 5) is 30.3. The second-order valence-corrected chi connectivity index (χ2v) is 9.10. The van der Waals surface area contributed by atoms with Crippen LogP contribution >= 0.6 is 34.4 Å². The van der Waals surface area contributed by atoms with Crippen molar-refractivity contribution in [3.8, 4) is 0 Å². The van der Waals surface area contributed by atoms with Gasteiger partial charge in [-0.25, -0.2) is 4.98 Å². The Labute approximate surface area is 184 Å². The third kappa shape index (κ3) is 4.50. The predicted molar refractivity (Wildman–Crippen MR) is 121 cm³/mol. The summed E-state index contributed by atoms with van der Waals surface area (Å²) in [6.45, 7) is 4.54. The van der Waals surface area contributed by atoms with E-state index in [-0.39, 0.29) is 11.5 Å². The monoisotopic (exact) mass is 455 g/mol. The molecule has 1 amide bonds. The second-order valence-electron chi connectivity index (χ2n) is 6.20. The van der Waals surface area contributed by atoms with Crippen molar-refractivity contribution in [1.29, 1.82) is 0 Å². The molecular weight excluding hydrogens is 438 g/mol. The van der Waals surface area contributed by atoms with E-state index in [2.05, 4.69) is 27.1 Å². The summed E-state index contributed by atoms with van der Waals surface area (Å²) in [6, 6.07) is 11.5. The number of aromatic nitrogens is 4. The van der Waals surface area contributed by atoms with Crippen molar-refractivity contribution in [2.75, 3.05) is 0 Å². The van der Waals surface area contributed by atoms with Crippen LogP contribution in [0.25, 0.3) is 10.2 Å². The van der Waals surface area contributed by atoms with E-state index in [1.165, 1.54) is 34.4 Å². The molecule has 1 aromatic carbocycles. The quantitative estimate of drug-likeness (QED) is 0.247. The summed E-state index contributed by atoms with van der Waals surface area (Å²) < 4.78 is 1.60. The zero-order chi connectivity index (χ0) is 20.9. The maximum absolute atomic E-state index is 12.7. The number of fused-ring (bicyclic) bond motifs is 1. The Kier molecular flexibility index (Phi) is 6.36. The van der Waals surface area contributed by atoms with E-state index in [9.17, 15) is 9.59 Å². The maximum atomic E-state index is 12.7. The van der Waals surface area contributed by atoms with Crippen LogP contribution in [0.1, 0.15) is 20.4 Å². The first kappa shape index (κ1) is 20.5. The summed E-state index contributed by atoms with van der Waals surface area (Å²) in [5, 5.41) is 15.0. The van der Waals surface area contributed by atoms with Gasteiger partial charge in [0.25, 0.3) is 11.5 Å². The maximum Gasteiger partial charge on any atom is 0.282 e. The Morgan fingerprint density at radius 2 is 2.07 bits per heavy atom. The van der Waals surface area contributed by atoms with Crippen molar-refractivity contribution in [2.24, 2.45) is 0 Å². The number of amides is 1. The number of rotatable bonds is 8. The summed E-state index contributed by atoms with van der Waals surface area (Å²) >= 11 is 4.06. The molecule has 3 aromatic heterocycles. The smallest absolute Gasteiger partial charge is 0.282 e. The Morgan fingerprint density at radius 3 is 2.87 bits per heavy atom. The van der Waals surface area contributed by atoms with Gasteiger partial charge in [0, 0.05) is 13.1 Å². The molecule has 0 bridgehead atoms. The lowest BCUT2D eigenvalue weighted by atomic mass is 10.2. The van der Waals surface area contributed by atoms with E-state index in [1.54, 1.807) is 16.7 Å². The predicted octanol–water partition coefficient (Wildman–Crippen LogP) is 3.72. The van der Waals surface area contributed by atoms with Gasteiger partial charge >= 0.3 is 0 Å². The Hall–Kier alpha value is -2.82. The number of thiophene rings is 1. The molecule has 4 rings (SSSR count). The highest BCUT2D eigenvalue weighted by molar-refractivity contribution is 7.98. The number of allylic oxidation sites excluding steroid dienone is 1. The molecular formula is C20H17N5O2S3. The van der Waals surface area contributed by atoms with Gasteiger partial charge in [0.2, 0.25) is 5.01 Å². The molecule has 0 unspecified atom stereocenters. The molecule has 0 saturated heterocycles. The molecule has 0 atom stereocenters. The molecule has 0 aliphatic heterocycles. The van der Waals surface area contributed by atoms with Crippen LogP contribution in [-0.2, 0) is 18.8 Å². The number of nitrogens with one attached hydrogen (secondary N) is 1. The largest absolute Gasteiger partial charge is 0.346 e. The minimum atomic E-state index is -0.255. The fraction of sp³-hybridized carbons (Fsp3) is 0.150. The highest BCUT2D eigenvalue weighted by Gasteiger charge is 2.15. The van der Waals surface area contributed by atoms with E-state index >= 15 is 0 Å². The van der Waals surface area contributed by atoms with Crippen molar-refractivity contribution in [1.82, 2.24) is 25.1 Å². The molecule has 3 heterocycles. The van der Waals surface area contributed by atoms with Gasteiger partial charge in [-0.2, -0.15) is 0 Å². The first-order chi connectivity index (χ1) is 14.7. The third-order valence-electron chi connectivity index (χ3n) is 4.14. The molecule has 152 valence electrons. The highest BCUT2D eigenvalue weighted by atomic mass is 32.2. The Balaban J connectivity index is 1.44. The fourth-order valence-electron chi connectivity index (χ4n) is 2.71. The number of hydrogen-bond donors (Lipinski definition) is 1. The lowest BCUT2D eigenvalue weighted by Gasteiger charge is -2.08. The van der Waals surface area contributed by atoms with Crippen LogP contribution in [0.2, 0.25) is 0 Å². The van der Waals surface area contributed by atoms with E-state index in [4.69, 9.17) is 0 Å². The van der Waals surface area contributed by atoms with Crippen LogP contribution < -0.4 is 10.9 Å². The summed E-state index contributed by atoms with van der Waals surface area (Å²) in [5.74, 6) is 0.207. The Morgan fingerprint density at radius 1 is 1.23 bits per heavy atom. The summed E-state index contributed by atoms with van der Waals surface area (Å²) in [5.41, 5.74) is 0.934. The van der Waals surface area contributed by atoms with Gasteiger partial charge in [-0.15, -0.1) is 28.1 Å². The molecule has 4 aromatic rings. The average Bonchev–Trinajstić information content (AvgIpc) is 3.43. The standard InChI is InChI=1S/C20H17N5O2S3/c1-2-9-25-19(27)14-8-10-28-17(14)22-20(25)29-12-15-23-24-18(30-15)16(26)21-11-13-6-4-3-5-7-13/h2-8,10H,1,9,11-12H2,(H,21,26). The van der Waals surface area contributed by atoms with Crippen LogP contribution in [0.5, 0.6) is 0 Å². The van der Waals surface area contributed by atoms with Crippen molar-refractivity contribution < 1.29 is 4.79 Å².